The molecular weight excluding hydrogens is 1410 g/mol. The van der Waals surface area contributed by atoms with E-state index in [1.54, 1.807) is 81.4 Å². The van der Waals surface area contributed by atoms with Crippen LogP contribution in [0.25, 0.3) is 32.7 Å². The number of carbonyl (C=O) groups is 3. The fourth-order valence-electron chi connectivity index (χ4n) is 13.2. The molecule has 3 fully saturated rings. The third-order valence-electron chi connectivity index (χ3n) is 18.5. The monoisotopic (exact) mass is 1480 g/mol. The van der Waals surface area contributed by atoms with E-state index in [1.165, 1.54) is 26.8 Å². The molecular formula is C73H78Cl4N14O12. The van der Waals surface area contributed by atoms with Crippen LogP contribution < -0.4 is 31.4 Å². The maximum atomic E-state index is 13.4. The van der Waals surface area contributed by atoms with Gasteiger partial charge in [0.15, 0.2) is 0 Å². The molecule has 26 nitrogen and oxygen atoms in total. The number of amides is 3. The number of nitro groups is 3. The molecule has 3 amide bonds. The van der Waals surface area contributed by atoms with E-state index in [0.717, 1.165) is 23.2 Å². The van der Waals surface area contributed by atoms with Crippen molar-refractivity contribution in [1.82, 2.24) is 38.2 Å². The second kappa shape index (κ2) is 32.6. The number of carbonyl (C=O) groups excluding carboxylic acids is 3. The van der Waals surface area contributed by atoms with Crippen molar-refractivity contribution < 1.29 is 29.2 Å². The van der Waals surface area contributed by atoms with E-state index < -0.39 is 48.5 Å². The molecule has 0 aliphatic carbocycles. The number of aryl methyl sites for hydroxylation is 5. The zero-order chi connectivity index (χ0) is 74.4. The fourth-order valence-corrected chi connectivity index (χ4v) is 13.8. The highest BCUT2D eigenvalue weighted by atomic mass is 35.5. The highest BCUT2D eigenvalue weighted by Crippen LogP contribution is 2.39. The molecule has 12 rings (SSSR count). The molecule has 0 saturated carbocycles. The number of likely N-dealkylation sites (N-methyl/N-ethyl adjacent to an activating group) is 1. The van der Waals surface area contributed by atoms with E-state index in [-0.39, 0.29) is 17.7 Å². The predicted octanol–water partition coefficient (Wildman–Crippen LogP) is 11.2. The number of nitrogens with zero attached hydrogens (tertiary/aromatic N) is 14. The molecule has 3 aliphatic rings. The Morgan fingerprint density at radius 1 is 0.408 bits per heavy atom. The highest BCUT2D eigenvalue weighted by molar-refractivity contribution is 6.42. The van der Waals surface area contributed by atoms with E-state index in [0.29, 0.717) is 191 Å². The molecule has 30 heteroatoms. The van der Waals surface area contributed by atoms with E-state index in [1.807, 2.05) is 122 Å². The minimum Gasteiger partial charge on any atom is -0.362 e. The summed E-state index contributed by atoms with van der Waals surface area (Å²) >= 11 is 23.8. The van der Waals surface area contributed by atoms with Crippen LogP contribution in [-0.4, -0.2) is 191 Å². The van der Waals surface area contributed by atoms with Crippen LogP contribution in [-0.2, 0) is 20.1 Å². The molecule has 0 unspecified atom stereocenters. The number of aromatic nitrogens is 3. The zero-order valence-electron chi connectivity index (χ0n) is 58.2. The standard InChI is InChI=1S/C26H30ClN5O4.C25H28ClN5O4.C22H20Cl2N4O4/c1-18-5-10-22-21(17-18)23(24(32(35)36)26(34)31(22)12-4-11-28(2)3)29-13-15-30(16-14-29)25(33)19-6-8-20(27)9-7-19;1-17-4-9-21-20(16-17)22(23(31(34)35)25(33)30(21)15-10-27(2)3)28-11-13-29(14-12-28)24(32)18-5-7-19(26)8-6-18;1-13-3-6-18-15(11-13)19(20(28(31)32)22(30)25(18)2)26-7-9-27(10-8-26)21(29)14-4-5-16(23)17(24)12-14/h5-10,17H,4,11-16H2,1-3H3;4-9,16H,10-15H2,1-3H3;3-6,11-12H,7-10H2,1-2H3. The number of anilines is 3. The minimum atomic E-state index is -0.657. The second-order valence-corrected chi connectivity index (χ2v) is 27.8. The number of hydrogen-bond acceptors (Lipinski definition) is 17. The maximum absolute atomic E-state index is 13.4. The maximum Gasteiger partial charge on any atom is 0.357 e. The number of fused-ring (bicyclic) bond motifs is 3. The van der Waals surface area contributed by atoms with Crippen molar-refractivity contribution in [3.05, 3.63) is 236 Å². The Kier molecular flexibility index (Phi) is 23.9. The van der Waals surface area contributed by atoms with Crippen molar-refractivity contribution >= 4 is 131 Å². The van der Waals surface area contributed by atoms with Gasteiger partial charge in [-0.3, -0.25) is 59.1 Å². The number of rotatable bonds is 16. The van der Waals surface area contributed by atoms with Gasteiger partial charge in [0.2, 0.25) is 0 Å². The number of hydrogen-bond donors (Lipinski definition) is 0. The molecule has 9 aromatic rings. The molecule has 3 aromatic heterocycles. The van der Waals surface area contributed by atoms with Gasteiger partial charge < -0.3 is 52.9 Å². The van der Waals surface area contributed by atoms with Crippen LogP contribution in [0.4, 0.5) is 34.1 Å². The van der Waals surface area contributed by atoms with Crippen molar-refractivity contribution in [3.63, 3.8) is 0 Å². The average Bonchev–Trinajstić information content (AvgIpc) is 0.757. The van der Waals surface area contributed by atoms with Crippen LogP contribution >= 0.6 is 46.4 Å². The van der Waals surface area contributed by atoms with Gasteiger partial charge in [-0.2, -0.15) is 0 Å². The van der Waals surface area contributed by atoms with Crippen LogP contribution in [0.15, 0.2) is 136 Å². The van der Waals surface area contributed by atoms with Gasteiger partial charge in [-0.05, 0) is 165 Å². The number of halogens is 4. The molecule has 6 aromatic carbocycles. The van der Waals surface area contributed by atoms with Crippen LogP contribution in [0.5, 0.6) is 0 Å². The molecule has 103 heavy (non-hydrogen) atoms. The Bertz CT molecular complexity index is 4970. The summed E-state index contributed by atoms with van der Waals surface area (Å²) < 4.78 is 4.33. The molecule has 0 atom stereocenters. The molecule has 0 spiro atoms. The number of benzene rings is 6. The summed E-state index contributed by atoms with van der Waals surface area (Å²) in [5.41, 5.74) is 4.15. The van der Waals surface area contributed by atoms with Crippen molar-refractivity contribution in [2.24, 2.45) is 7.05 Å². The Hall–Kier alpha value is -9.96. The lowest BCUT2D eigenvalue weighted by atomic mass is 10.1. The van der Waals surface area contributed by atoms with Gasteiger partial charge in [0.25, 0.3) is 17.7 Å². The Balaban J connectivity index is 0.000000166. The summed E-state index contributed by atoms with van der Waals surface area (Å²) in [5.74, 6) is -0.421. The first kappa shape index (κ1) is 75.7. The van der Waals surface area contributed by atoms with E-state index in [9.17, 15) is 59.1 Å². The predicted molar refractivity (Wildman–Crippen MR) is 405 cm³/mol. The van der Waals surface area contributed by atoms with Crippen molar-refractivity contribution in [2.75, 3.05) is 135 Å². The molecule has 0 bridgehead atoms. The van der Waals surface area contributed by atoms with Gasteiger partial charge in [0.05, 0.1) is 41.4 Å². The normalized spacial score (nSPS) is 14.1. The van der Waals surface area contributed by atoms with Gasteiger partial charge in [-0.25, -0.2) is 0 Å². The lowest BCUT2D eigenvalue weighted by Gasteiger charge is -2.36. The van der Waals surface area contributed by atoms with Crippen LogP contribution in [0.1, 0.15) is 54.2 Å². The first-order chi connectivity index (χ1) is 49.0. The van der Waals surface area contributed by atoms with Gasteiger partial charge in [-0.1, -0.05) is 81.3 Å². The summed E-state index contributed by atoms with van der Waals surface area (Å²) in [4.78, 5) is 127. The Labute approximate surface area is 612 Å². The molecule has 540 valence electrons. The third kappa shape index (κ3) is 16.8. The van der Waals surface area contributed by atoms with Crippen molar-refractivity contribution in [1.29, 1.82) is 0 Å². The van der Waals surface area contributed by atoms with E-state index in [4.69, 9.17) is 46.4 Å². The third-order valence-corrected chi connectivity index (χ3v) is 19.8. The van der Waals surface area contributed by atoms with E-state index in [2.05, 4.69) is 0 Å². The van der Waals surface area contributed by atoms with Crippen LogP contribution in [0.3, 0.4) is 0 Å². The lowest BCUT2D eigenvalue weighted by molar-refractivity contribution is -0.385. The highest BCUT2D eigenvalue weighted by Gasteiger charge is 2.36. The smallest absolute Gasteiger partial charge is 0.357 e. The van der Waals surface area contributed by atoms with Gasteiger partial charge in [-0.15, -0.1) is 0 Å². The molecule has 6 heterocycles. The summed E-state index contributed by atoms with van der Waals surface area (Å²) in [6.07, 6.45) is 0.692. The summed E-state index contributed by atoms with van der Waals surface area (Å²) in [6.45, 7) is 12.3. The van der Waals surface area contributed by atoms with E-state index >= 15 is 0 Å². The van der Waals surface area contributed by atoms with Crippen molar-refractivity contribution in [2.45, 2.75) is 40.3 Å². The summed E-state index contributed by atoms with van der Waals surface area (Å²) in [6, 6.07) is 35.0. The van der Waals surface area contributed by atoms with Gasteiger partial charge >= 0.3 is 33.7 Å². The summed E-state index contributed by atoms with van der Waals surface area (Å²) in [5, 5.41) is 40.0. The zero-order valence-corrected chi connectivity index (χ0v) is 61.3. The average molecular weight is 1490 g/mol. The largest absolute Gasteiger partial charge is 0.362 e. The number of piperazine rings is 3. The first-order valence-corrected chi connectivity index (χ1v) is 34.8. The number of pyridine rings is 3. The fraction of sp³-hybridized carbons (Fsp3) is 0.342. The quantitative estimate of drug-likeness (QED) is 0.0642. The molecule has 0 N–H and O–H groups in total. The van der Waals surface area contributed by atoms with Crippen molar-refractivity contribution in [3.8, 4) is 0 Å². The summed E-state index contributed by atoms with van der Waals surface area (Å²) in [7, 11) is 9.22. The first-order valence-electron chi connectivity index (χ1n) is 33.3. The second-order valence-electron chi connectivity index (χ2n) is 26.1. The topological polar surface area (TPSA) is 273 Å². The van der Waals surface area contributed by atoms with Crippen LogP contribution in [0, 0.1) is 51.1 Å². The Morgan fingerprint density at radius 3 is 1.10 bits per heavy atom. The molecule has 3 aliphatic heterocycles. The van der Waals surface area contributed by atoms with Gasteiger partial charge in [0, 0.05) is 148 Å². The molecule has 3 saturated heterocycles. The Morgan fingerprint density at radius 2 is 0.738 bits per heavy atom. The van der Waals surface area contributed by atoms with Gasteiger partial charge in [0.1, 0.15) is 17.1 Å². The minimum absolute atomic E-state index is 0.113. The SMILES string of the molecule is Cc1ccc2c(c1)c(N1CCN(C(=O)c3ccc(Cl)c(Cl)c3)CC1)c([N+](=O)[O-])c(=O)n2C.Cc1ccc2c(c1)c(N1CCN(C(=O)c3ccc(Cl)cc3)CC1)c([N+](=O)[O-])c(=O)n2CCCN(C)C.Cc1ccc2c(c1)c(N1CCN(C(=O)c3ccc(Cl)cc3)CC1)c([N+](=O)[O-])c(=O)n2CCN(C)C. The molecule has 0 radical (unpaired) electrons. The lowest BCUT2D eigenvalue weighted by Crippen LogP contribution is -2.49. The van der Waals surface area contributed by atoms with Crippen LogP contribution in [0.2, 0.25) is 20.1 Å².